The molecule has 1 amide bonds. The van der Waals surface area contributed by atoms with Crippen molar-refractivity contribution in [1.29, 1.82) is 0 Å². The van der Waals surface area contributed by atoms with Gasteiger partial charge < -0.3 is 20.1 Å². The lowest BCUT2D eigenvalue weighted by Crippen LogP contribution is -2.28. The van der Waals surface area contributed by atoms with Gasteiger partial charge in [0.25, 0.3) is 5.91 Å². The molecule has 2 N–H and O–H groups in total. The number of carbonyl (C=O) groups excluding carboxylic acids is 1. The molecule has 0 atom stereocenters. The van der Waals surface area contributed by atoms with Crippen LogP contribution in [-0.4, -0.2) is 44.8 Å². The van der Waals surface area contributed by atoms with E-state index < -0.39 is 0 Å². The molecule has 6 nitrogen and oxygen atoms in total. The fraction of sp³-hybridized carbons (Fsp3) is 0.400. The van der Waals surface area contributed by atoms with Crippen molar-refractivity contribution in [2.24, 2.45) is 5.92 Å². The number of nitrogens with one attached hydrogen (secondary N) is 2. The summed E-state index contributed by atoms with van der Waals surface area (Å²) in [7, 11) is 3.25. The van der Waals surface area contributed by atoms with Crippen LogP contribution >= 0.6 is 0 Å². The van der Waals surface area contributed by atoms with Crippen molar-refractivity contribution in [3.63, 3.8) is 0 Å². The van der Waals surface area contributed by atoms with Gasteiger partial charge in [-0.3, -0.25) is 4.79 Å². The summed E-state index contributed by atoms with van der Waals surface area (Å²) in [5.41, 5.74) is 2.30. The zero-order chi connectivity index (χ0) is 18.4. The molecule has 0 radical (unpaired) electrons. The number of ether oxygens (including phenoxy) is 2. The smallest absolute Gasteiger partial charge is 0.255 e. The van der Waals surface area contributed by atoms with Gasteiger partial charge in [-0.05, 0) is 43.0 Å². The molecule has 1 heterocycles. The summed E-state index contributed by atoms with van der Waals surface area (Å²) in [5.74, 6) is 1.93. The second-order valence-electron chi connectivity index (χ2n) is 6.40. The van der Waals surface area contributed by atoms with Gasteiger partial charge in [0.15, 0.2) is 0 Å². The highest BCUT2D eigenvalue weighted by Gasteiger charge is 2.22. The molecule has 3 rings (SSSR count). The predicted molar refractivity (Wildman–Crippen MR) is 102 cm³/mol. The monoisotopic (exact) mass is 355 g/mol. The topological polar surface area (TPSA) is 72.5 Å². The highest BCUT2D eigenvalue weighted by Crippen LogP contribution is 2.30. The maximum Gasteiger partial charge on any atom is 0.255 e. The fourth-order valence-electron chi connectivity index (χ4n) is 2.65. The normalized spacial score (nSPS) is 13.3. The molecule has 2 aromatic rings. The molecule has 0 aliphatic heterocycles. The van der Waals surface area contributed by atoms with Crippen molar-refractivity contribution >= 4 is 11.7 Å². The molecule has 1 aliphatic rings. The van der Waals surface area contributed by atoms with Gasteiger partial charge in [-0.1, -0.05) is 12.1 Å². The number of amides is 1. The van der Waals surface area contributed by atoms with E-state index >= 15 is 0 Å². The molecular formula is C20H25N3O3. The van der Waals surface area contributed by atoms with Gasteiger partial charge in [-0.25, -0.2) is 4.98 Å². The van der Waals surface area contributed by atoms with Crippen LogP contribution in [0.3, 0.4) is 0 Å². The molecule has 0 unspecified atom stereocenters. The zero-order valence-electron chi connectivity index (χ0n) is 15.2. The first-order chi connectivity index (χ1) is 12.7. The molecule has 6 heteroatoms. The number of hydrogen-bond donors (Lipinski definition) is 2. The molecular weight excluding hydrogens is 330 g/mol. The molecule has 1 aliphatic carbocycles. The SMILES string of the molecule is COCCNC(=O)c1ccc(-c2cccc(OC)c2)nc1NCC1CC1. The largest absolute Gasteiger partial charge is 0.497 e. The summed E-state index contributed by atoms with van der Waals surface area (Å²) in [4.78, 5) is 17.2. The van der Waals surface area contributed by atoms with Gasteiger partial charge in [0, 0.05) is 25.8 Å². The lowest BCUT2D eigenvalue weighted by Gasteiger charge is -2.13. The maximum absolute atomic E-state index is 12.5. The minimum atomic E-state index is -0.148. The van der Waals surface area contributed by atoms with Crippen LogP contribution in [-0.2, 0) is 4.74 Å². The van der Waals surface area contributed by atoms with Gasteiger partial charge in [-0.15, -0.1) is 0 Å². The summed E-state index contributed by atoms with van der Waals surface area (Å²) in [6.45, 7) is 1.79. The molecule has 1 aromatic heterocycles. The second-order valence-corrected chi connectivity index (χ2v) is 6.40. The van der Waals surface area contributed by atoms with Gasteiger partial charge in [0.05, 0.1) is 25.0 Å². The zero-order valence-corrected chi connectivity index (χ0v) is 15.2. The minimum Gasteiger partial charge on any atom is -0.497 e. The van der Waals surface area contributed by atoms with E-state index in [1.165, 1.54) is 12.8 Å². The molecule has 26 heavy (non-hydrogen) atoms. The van der Waals surface area contributed by atoms with Gasteiger partial charge in [0.2, 0.25) is 0 Å². The van der Waals surface area contributed by atoms with Crippen LogP contribution in [0.2, 0.25) is 0 Å². The summed E-state index contributed by atoms with van der Waals surface area (Å²) in [5, 5.41) is 6.21. The summed E-state index contributed by atoms with van der Waals surface area (Å²) < 4.78 is 10.3. The van der Waals surface area contributed by atoms with E-state index in [0.29, 0.717) is 30.5 Å². The molecule has 0 saturated heterocycles. The summed E-state index contributed by atoms with van der Waals surface area (Å²) in [6.07, 6.45) is 2.47. The number of aromatic nitrogens is 1. The van der Waals surface area contributed by atoms with Crippen LogP contribution in [0, 0.1) is 5.92 Å². The van der Waals surface area contributed by atoms with Crippen LogP contribution in [0.5, 0.6) is 5.75 Å². The van der Waals surface area contributed by atoms with Crippen molar-refractivity contribution < 1.29 is 14.3 Å². The van der Waals surface area contributed by atoms with E-state index in [4.69, 9.17) is 14.5 Å². The van der Waals surface area contributed by atoms with Crippen LogP contribution in [0.15, 0.2) is 36.4 Å². The highest BCUT2D eigenvalue weighted by atomic mass is 16.5. The van der Waals surface area contributed by atoms with Gasteiger partial charge >= 0.3 is 0 Å². The van der Waals surface area contributed by atoms with Gasteiger partial charge in [-0.2, -0.15) is 0 Å². The number of hydrogen-bond acceptors (Lipinski definition) is 5. The Bertz CT molecular complexity index is 760. The number of anilines is 1. The number of carbonyl (C=O) groups is 1. The molecule has 138 valence electrons. The van der Waals surface area contributed by atoms with E-state index in [9.17, 15) is 4.79 Å². The van der Waals surface area contributed by atoms with E-state index in [1.807, 2.05) is 36.4 Å². The van der Waals surface area contributed by atoms with E-state index in [0.717, 1.165) is 23.6 Å². The molecule has 1 fully saturated rings. The Hall–Kier alpha value is -2.60. The Labute approximate surface area is 153 Å². The van der Waals surface area contributed by atoms with Gasteiger partial charge in [0.1, 0.15) is 11.6 Å². The van der Waals surface area contributed by atoms with Crippen molar-refractivity contribution in [1.82, 2.24) is 10.3 Å². The Kier molecular flexibility index (Phi) is 6.07. The van der Waals surface area contributed by atoms with E-state index in [-0.39, 0.29) is 5.91 Å². The Morgan fingerprint density at radius 2 is 2.08 bits per heavy atom. The number of methoxy groups -OCH3 is 2. The van der Waals surface area contributed by atoms with Crippen molar-refractivity contribution in [2.45, 2.75) is 12.8 Å². The average Bonchev–Trinajstić information content (AvgIpc) is 3.51. The standard InChI is InChI=1S/C20H25N3O3/c1-25-11-10-21-20(24)17-8-9-18(15-4-3-5-16(12-15)26-2)23-19(17)22-13-14-6-7-14/h3-5,8-9,12,14H,6-7,10-11,13H2,1-2H3,(H,21,24)(H,22,23). The molecule has 0 spiro atoms. The average molecular weight is 355 g/mol. The highest BCUT2D eigenvalue weighted by molar-refractivity contribution is 5.99. The third-order valence-electron chi connectivity index (χ3n) is 4.35. The Morgan fingerprint density at radius 3 is 2.81 bits per heavy atom. The third kappa shape index (κ3) is 4.73. The first kappa shape index (κ1) is 18.2. The van der Waals surface area contributed by atoms with Crippen molar-refractivity contribution in [2.75, 3.05) is 39.2 Å². The Balaban J connectivity index is 1.84. The predicted octanol–water partition coefficient (Wildman–Crippen LogP) is 2.96. The number of benzene rings is 1. The maximum atomic E-state index is 12.5. The summed E-state index contributed by atoms with van der Waals surface area (Å²) in [6, 6.07) is 11.4. The quantitative estimate of drug-likeness (QED) is 0.677. The van der Waals surface area contributed by atoms with E-state index in [2.05, 4.69) is 10.6 Å². The van der Waals surface area contributed by atoms with Crippen molar-refractivity contribution in [3.05, 3.63) is 42.0 Å². The molecule has 1 aromatic carbocycles. The van der Waals surface area contributed by atoms with Crippen LogP contribution in [0.1, 0.15) is 23.2 Å². The second kappa shape index (κ2) is 8.67. The lowest BCUT2D eigenvalue weighted by molar-refractivity contribution is 0.0937. The minimum absolute atomic E-state index is 0.148. The Morgan fingerprint density at radius 1 is 1.23 bits per heavy atom. The van der Waals surface area contributed by atoms with Crippen LogP contribution in [0.4, 0.5) is 5.82 Å². The molecule has 0 bridgehead atoms. The van der Waals surface area contributed by atoms with Crippen LogP contribution in [0.25, 0.3) is 11.3 Å². The molecule has 1 saturated carbocycles. The fourth-order valence-corrected chi connectivity index (χ4v) is 2.65. The first-order valence-corrected chi connectivity index (χ1v) is 8.87. The lowest BCUT2D eigenvalue weighted by atomic mass is 10.1. The van der Waals surface area contributed by atoms with Crippen molar-refractivity contribution in [3.8, 4) is 17.0 Å². The number of rotatable bonds is 9. The van der Waals surface area contributed by atoms with E-state index in [1.54, 1.807) is 14.2 Å². The number of pyridine rings is 1. The summed E-state index contributed by atoms with van der Waals surface area (Å²) >= 11 is 0. The first-order valence-electron chi connectivity index (χ1n) is 8.87. The van der Waals surface area contributed by atoms with Crippen LogP contribution < -0.4 is 15.4 Å². The third-order valence-corrected chi connectivity index (χ3v) is 4.35. The number of nitrogens with zero attached hydrogens (tertiary/aromatic N) is 1.